The smallest absolute Gasteiger partial charge is 0.351 e. The minimum Gasteiger partial charge on any atom is -0.455 e. The fourth-order valence-corrected chi connectivity index (χ4v) is 2.65. The molecule has 25 heavy (non-hydrogen) atoms. The fraction of sp³-hybridized carbons (Fsp3) is 0.667. The third-order valence-corrected chi connectivity index (χ3v) is 4.23. The van der Waals surface area contributed by atoms with Gasteiger partial charge >= 0.3 is 11.7 Å². The van der Waals surface area contributed by atoms with Crippen LogP contribution in [0.3, 0.4) is 0 Å². The van der Waals surface area contributed by atoms with Crippen molar-refractivity contribution in [3.8, 4) is 0 Å². The zero-order valence-corrected chi connectivity index (χ0v) is 14.3. The zero-order valence-electron chi connectivity index (χ0n) is 14.3. The average Bonchev–Trinajstić information content (AvgIpc) is 2.77. The largest absolute Gasteiger partial charge is 0.455 e. The van der Waals surface area contributed by atoms with E-state index in [0.29, 0.717) is 0 Å². The molecule has 2 heterocycles. The molecule has 1 aliphatic heterocycles. The zero-order chi connectivity index (χ0) is 18.9. The number of nitrogen functional groups attached to an aromatic ring is 1. The first-order valence-electron chi connectivity index (χ1n) is 7.89. The maximum Gasteiger partial charge on any atom is 0.351 e. The summed E-state index contributed by atoms with van der Waals surface area (Å²) < 4.78 is 11.9. The summed E-state index contributed by atoms with van der Waals surface area (Å²) in [7, 11) is 0. The van der Waals surface area contributed by atoms with Gasteiger partial charge in [-0.3, -0.25) is 9.36 Å². The van der Waals surface area contributed by atoms with E-state index >= 15 is 0 Å². The molecule has 1 saturated heterocycles. The highest BCUT2D eigenvalue weighted by molar-refractivity contribution is 5.76. The summed E-state index contributed by atoms with van der Waals surface area (Å²) >= 11 is 0. The molecule has 0 aliphatic carbocycles. The third-order valence-electron chi connectivity index (χ3n) is 4.23. The minimum absolute atomic E-state index is 0.0171. The van der Waals surface area contributed by atoms with Crippen LogP contribution in [-0.4, -0.2) is 56.2 Å². The van der Waals surface area contributed by atoms with Crippen molar-refractivity contribution in [2.24, 2.45) is 11.7 Å². The van der Waals surface area contributed by atoms with Gasteiger partial charge in [0.05, 0.1) is 6.61 Å². The van der Waals surface area contributed by atoms with Crippen molar-refractivity contribution >= 4 is 11.8 Å². The predicted octanol–water partition coefficient (Wildman–Crippen LogP) is -1.64. The van der Waals surface area contributed by atoms with E-state index in [1.54, 1.807) is 13.8 Å². The Morgan fingerprint density at radius 2 is 2.20 bits per heavy atom. The molecule has 1 aromatic rings. The van der Waals surface area contributed by atoms with Gasteiger partial charge in [0.15, 0.2) is 12.3 Å². The molecule has 6 N–H and O–H groups in total. The van der Waals surface area contributed by atoms with Crippen LogP contribution in [-0.2, 0) is 14.3 Å². The van der Waals surface area contributed by atoms with Crippen LogP contribution in [0.2, 0.25) is 0 Å². The van der Waals surface area contributed by atoms with E-state index in [-0.39, 0.29) is 11.7 Å². The molecular formula is C15H24N4O6. The van der Waals surface area contributed by atoms with Crippen molar-refractivity contribution in [1.29, 1.82) is 0 Å². The molecule has 10 nitrogen and oxygen atoms in total. The molecule has 4 unspecified atom stereocenters. The summed E-state index contributed by atoms with van der Waals surface area (Å²) in [5.41, 5.74) is 8.67. The summed E-state index contributed by atoms with van der Waals surface area (Å²) in [6, 6.07) is 0.470. The van der Waals surface area contributed by atoms with Gasteiger partial charge < -0.3 is 31.2 Å². The lowest BCUT2D eigenvalue weighted by molar-refractivity contribution is -0.166. The number of carbonyl (C=O) groups excluding carboxylic acids is 1. The molecule has 0 aromatic carbocycles. The van der Waals surface area contributed by atoms with E-state index < -0.39 is 48.3 Å². The van der Waals surface area contributed by atoms with Crippen molar-refractivity contribution in [2.45, 2.75) is 50.8 Å². The molecule has 0 spiro atoms. The van der Waals surface area contributed by atoms with Crippen LogP contribution < -0.4 is 17.2 Å². The number of aliphatic hydroxyl groups excluding tert-OH is 1. The van der Waals surface area contributed by atoms with Crippen LogP contribution in [0.5, 0.6) is 0 Å². The second-order valence-corrected chi connectivity index (χ2v) is 6.60. The number of nitrogens with two attached hydrogens (primary N) is 2. The van der Waals surface area contributed by atoms with Crippen LogP contribution in [0.25, 0.3) is 0 Å². The van der Waals surface area contributed by atoms with Gasteiger partial charge in [0.25, 0.3) is 0 Å². The van der Waals surface area contributed by atoms with Gasteiger partial charge in [-0.1, -0.05) is 13.8 Å². The van der Waals surface area contributed by atoms with Gasteiger partial charge in [0, 0.05) is 6.20 Å². The van der Waals surface area contributed by atoms with E-state index in [2.05, 4.69) is 4.98 Å². The van der Waals surface area contributed by atoms with E-state index in [1.165, 1.54) is 19.2 Å². The number of aromatic nitrogens is 2. The standard InChI is InChI=1S/C15H24N4O6/c1-7(2)10(17)12(21)25-11-8(6-20)24-13(15(11,3)23)19-5-4-9(16)18-14(19)22/h4-5,7-8,10-11,13,20,23H,6,17H2,1-3H3,(H2,16,18,22)/t8?,10?,11?,13?,15-/m1/s1. The van der Waals surface area contributed by atoms with Crippen molar-refractivity contribution in [3.63, 3.8) is 0 Å². The van der Waals surface area contributed by atoms with E-state index in [4.69, 9.17) is 20.9 Å². The highest BCUT2D eigenvalue weighted by Crippen LogP contribution is 2.39. The lowest BCUT2D eigenvalue weighted by Crippen LogP contribution is -2.51. The van der Waals surface area contributed by atoms with Gasteiger partial charge in [0.2, 0.25) is 0 Å². The number of esters is 1. The van der Waals surface area contributed by atoms with Gasteiger partial charge in [0.1, 0.15) is 23.6 Å². The topological polar surface area (TPSA) is 163 Å². The first-order chi connectivity index (χ1) is 11.6. The first kappa shape index (κ1) is 19.3. The lowest BCUT2D eigenvalue weighted by Gasteiger charge is -2.30. The Hall–Kier alpha value is -2.01. The summed E-state index contributed by atoms with van der Waals surface area (Å²) in [5, 5.41) is 20.4. The second-order valence-electron chi connectivity index (χ2n) is 6.60. The van der Waals surface area contributed by atoms with Gasteiger partial charge in [-0.25, -0.2) is 4.79 Å². The van der Waals surface area contributed by atoms with Crippen LogP contribution in [0.1, 0.15) is 27.0 Å². The molecular weight excluding hydrogens is 332 g/mol. The summed E-state index contributed by atoms with van der Waals surface area (Å²) in [4.78, 5) is 27.8. The maximum atomic E-state index is 12.2. The molecule has 2 rings (SSSR count). The van der Waals surface area contributed by atoms with Crippen molar-refractivity contribution in [2.75, 3.05) is 12.3 Å². The first-order valence-corrected chi connectivity index (χ1v) is 7.89. The van der Waals surface area contributed by atoms with Gasteiger partial charge in [-0.05, 0) is 18.9 Å². The maximum absolute atomic E-state index is 12.2. The fourth-order valence-electron chi connectivity index (χ4n) is 2.65. The third kappa shape index (κ3) is 3.66. The normalized spacial score (nSPS) is 30.4. The highest BCUT2D eigenvalue weighted by Gasteiger charge is 2.56. The number of nitrogens with zero attached hydrogens (tertiary/aromatic N) is 2. The molecule has 0 radical (unpaired) electrons. The summed E-state index contributed by atoms with van der Waals surface area (Å²) in [5.74, 6) is -0.888. The quantitative estimate of drug-likeness (QED) is 0.453. The van der Waals surface area contributed by atoms with Crippen molar-refractivity contribution < 1.29 is 24.5 Å². The Bertz CT molecular complexity index is 689. The molecule has 1 aromatic heterocycles. The van der Waals surface area contributed by atoms with Crippen LogP contribution >= 0.6 is 0 Å². The molecule has 140 valence electrons. The minimum atomic E-state index is -1.80. The Kier molecular flexibility index (Phi) is 5.47. The SMILES string of the molecule is CC(C)C(N)C(=O)OC1C(CO)OC(n2ccc(N)nc2=O)[C@]1(C)O. The Labute approximate surface area is 144 Å². The van der Waals surface area contributed by atoms with Gasteiger partial charge in [-0.15, -0.1) is 0 Å². The highest BCUT2D eigenvalue weighted by atomic mass is 16.6. The van der Waals surface area contributed by atoms with E-state index in [9.17, 15) is 19.8 Å². The van der Waals surface area contributed by atoms with Crippen molar-refractivity contribution in [3.05, 3.63) is 22.7 Å². The predicted molar refractivity (Wildman–Crippen MR) is 87.2 cm³/mol. The van der Waals surface area contributed by atoms with Crippen LogP contribution in [0.4, 0.5) is 5.82 Å². The van der Waals surface area contributed by atoms with Crippen LogP contribution in [0, 0.1) is 5.92 Å². The van der Waals surface area contributed by atoms with Crippen molar-refractivity contribution in [1.82, 2.24) is 9.55 Å². The molecule has 1 aliphatic rings. The molecule has 0 amide bonds. The summed E-state index contributed by atoms with van der Waals surface area (Å²) in [6.07, 6.45) is -2.17. The molecule has 0 bridgehead atoms. The molecule has 10 heteroatoms. The number of carbonyl (C=O) groups is 1. The second kappa shape index (κ2) is 7.08. The molecule has 0 saturated carbocycles. The number of hydrogen-bond acceptors (Lipinski definition) is 9. The Balaban J connectivity index is 2.32. The number of ether oxygens (including phenoxy) is 2. The number of rotatable bonds is 5. The lowest BCUT2D eigenvalue weighted by atomic mass is 9.95. The monoisotopic (exact) mass is 356 g/mol. The Morgan fingerprint density at radius 3 is 2.72 bits per heavy atom. The van der Waals surface area contributed by atoms with E-state index in [0.717, 1.165) is 4.57 Å². The van der Waals surface area contributed by atoms with Gasteiger partial charge in [-0.2, -0.15) is 4.98 Å². The number of hydrogen-bond donors (Lipinski definition) is 4. The molecule has 5 atom stereocenters. The summed E-state index contributed by atoms with van der Waals surface area (Å²) in [6.45, 7) is 4.32. The Morgan fingerprint density at radius 1 is 1.56 bits per heavy atom. The number of aliphatic hydroxyl groups is 2. The average molecular weight is 356 g/mol. The van der Waals surface area contributed by atoms with E-state index in [1.807, 2.05) is 0 Å². The van der Waals surface area contributed by atoms with Crippen LogP contribution in [0.15, 0.2) is 17.1 Å². The molecule has 1 fully saturated rings. The number of anilines is 1.